The second-order valence-electron chi connectivity index (χ2n) is 4.08. The molecular formula is C11H12ClF2NO. The lowest BCUT2D eigenvalue weighted by Gasteiger charge is -2.39. The molecule has 2 N–H and O–H groups in total. The van der Waals surface area contributed by atoms with Crippen molar-refractivity contribution in [1.82, 2.24) is 0 Å². The Morgan fingerprint density at radius 3 is 2.44 bits per heavy atom. The van der Waals surface area contributed by atoms with Crippen LogP contribution in [0.15, 0.2) is 6.07 Å². The molecule has 0 bridgehead atoms. The van der Waals surface area contributed by atoms with E-state index < -0.39 is 17.2 Å². The van der Waals surface area contributed by atoms with Crippen LogP contribution < -0.4 is 10.5 Å². The van der Waals surface area contributed by atoms with Crippen molar-refractivity contribution in [2.75, 3.05) is 7.11 Å². The van der Waals surface area contributed by atoms with Gasteiger partial charge in [-0.25, -0.2) is 4.39 Å². The number of hydrogen-bond acceptors (Lipinski definition) is 2. The fourth-order valence-corrected chi connectivity index (χ4v) is 2.22. The highest BCUT2D eigenvalue weighted by Gasteiger charge is 2.38. The van der Waals surface area contributed by atoms with E-state index in [1.54, 1.807) is 0 Å². The van der Waals surface area contributed by atoms with Gasteiger partial charge in [0.05, 0.1) is 12.1 Å². The topological polar surface area (TPSA) is 35.2 Å². The van der Waals surface area contributed by atoms with Gasteiger partial charge in [-0.3, -0.25) is 0 Å². The molecule has 0 heterocycles. The summed E-state index contributed by atoms with van der Waals surface area (Å²) in [6.07, 6.45) is 2.21. The Bertz CT molecular complexity index is 432. The third-order valence-electron chi connectivity index (χ3n) is 3.10. The van der Waals surface area contributed by atoms with Gasteiger partial charge in [0.15, 0.2) is 11.6 Å². The van der Waals surface area contributed by atoms with Crippen molar-refractivity contribution in [3.05, 3.63) is 28.3 Å². The quantitative estimate of drug-likeness (QED) is 0.816. The van der Waals surface area contributed by atoms with E-state index in [0.717, 1.165) is 6.42 Å². The van der Waals surface area contributed by atoms with E-state index in [1.165, 1.54) is 13.2 Å². The first-order valence-corrected chi connectivity index (χ1v) is 5.38. The van der Waals surface area contributed by atoms with Gasteiger partial charge in [0.1, 0.15) is 0 Å². The number of nitrogens with two attached hydrogens (primary N) is 1. The largest absolute Gasteiger partial charge is 0.492 e. The second kappa shape index (κ2) is 3.86. The van der Waals surface area contributed by atoms with Crippen LogP contribution in [-0.2, 0) is 5.54 Å². The van der Waals surface area contributed by atoms with Crippen molar-refractivity contribution in [2.45, 2.75) is 24.8 Å². The minimum absolute atomic E-state index is 0.0492. The lowest BCUT2D eigenvalue weighted by atomic mass is 9.72. The molecule has 1 fully saturated rings. The zero-order chi connectivity index (χ0) is 11.9. The third-order valence-corrected chi connectivity index (χ3v) is 3.38. The molecule has 2 nitrogen and oxygen atoms in total. The molecule has 0 spiro atoms. The average molecular weight is 248 g/mol. The van der Waals surface area contributed by atoms with Gasteiger partial charge in [0, 0.05) is 11.1 Å². The molecule has 2 rings (SSSR count). The molecule has 0 aliphatic heterocycles. The number of halogens is 3. The Labute approximate surface area is 97.3 Å². The van der Waals surface area contributed by atoms with Gasteiger partial charge in [-0.1, -0.05) is 11.6 Å². The SMILES string of the molecule is COc1c(Cl)cc(C2(N)CCC2)c(F)c1F. The molecule has 0 amide bonds. The summed E-state index contributed by atoms with van der Waals surface area (Å²) in [7, 11) is 1.24. The maximum Gasteiger partial charge on any atom is 0.202 e. The van der Waals surface area contributed by atoms with Crippen molar-refractivity contribution in [3.8, 4) is 5.75 Å². The van der Waals surface area contributed by atoms with Gasteiger partial charge in [-0.2, -0.15) is 4.39 Å². The van der Waals surface area contributed by atoms with E-state index >= 15 is 0 Å². The summed E-state index contributed by atoms with van der Waals surface area (Å²) >= 11 is 5.81. The van der Waals surface area contributed by atoms with Crippen LogP contribution >= 0.6 is 11.6 Å². The lowest BCUT2D eigenvalue weighted by Crippen LogP contribution is -2.44. The molecule has 5 heteroatoms. The van der Waals surface area contributed by atoms with Crippen molar-refractivity contribution in [1.29, 1.82) is 0 Å². The number of methoxy groups -OCH3 is 1. The second-order valence-corrected chi connectivity index (χ2v) is 4.48. The number of ether oxygens (including phenoxy) is 1. The molecule has 0 saturated heterocycles. The van der Waals surface area contributed by atoms with E-state index in [1.807, 2.05) is 0 Å². The summed E-state index contributed by atoms with van der Waals surface area (Å²) in [5.74, 6) is -2.30. The summed E-state index contributed by atoms with van der Waals surface area (Å²) < 4.78 is 32.0. The molecule has 1 aromatic rings. The Morgan fingerprint density at radius 2 is 2.00 bits per heavy atom. The van der Waals surface area contributed by atoms with Gasteiger partial charge < -0.3 is 10.5 Å². The third kappa shape index (κ3) is 1.57. The highest BCUT2D eigenvalue weighted by Crippen LogP contribution is 2.43. The van der Waals surface area contributed by atoms with Crippen molar-refractivity contribution in [3.63, 3.8) is 0 Å². The lowest BCUT2D eigenvalue weighted by molar-refractivity contribution is 0.241. The van der Waals surface area contributed by atoms with Crippen LogP contribution in [0.1, 0.15) is 24.8 Å². The Kier molecular flexibility index (Phi) is 2.80. The Balaban J connectivity index is 2.56. The van der Waals surface area contributed by atoms with Crippen LogP contribution in [0.4, 0.5) is 8.78 Å². The van der Waals surface area contributed by atoms with Crippen LogP contribution in [0.5, 0.6) is 5.75 Å². The number of benzene rings is 1. The average Bonchev–Trinajstić information content (AvgIpc) is 2.21. The van der Waals surface area contributed by atoms with Gasteiger partial charge >= 0.3 is 0 Å². The van der Waals surface area contributed by atoms with Crippen LogP contribution in [0, 0.1) is 11.6 Å². The van der Waals surface area contributed by atoms with Gasteiger partial charge in [-0.15, -0.1) is 0 Å². The molecule has 0 atom stereocenters. The maximum atomic E-state index is 13.8. The minimum atomic E-state index is -1.07. The molecule has 1 aliphatic rings. The zero-order valence-electron chi connectivity index (χ0n) is 8.82. The van der Waals surface area contributed by atoms with E-state index in [-0.39, 0.29) is 16.3 Å². The normalized spacial score (nSPS) is 18.1. The minimum Gasteiger partial charge on any atom is -0.492 e. The van der Waals surface area contributed by atoms with Gasteiger partial charge in [0.25, 0.3) is 0 Å². The van der Waals surface area contributed by atoms with E-state index in [2.05, 4.69) is 4.74 Å². The first-order valence-electron chi connectivity index (χ1n) is 5.00. The first-order chi connectivity index (χ1) is 7.49. The fourth-order valence-electron chi connectivity index (χ4n) is 1.95. The van der Waals surface area contributed by atoms with Crippen LogP contribution in [0.2, 0.25) is 5.02 Å². The van der Waals surface area contributed by atoms with Crippen LogP contribution in [-0.4, -0.2) is 7.11 Å². The maximum absolute atomic E-state index is 13.8. The predicted molar refractivity (Wildman–Crippen MR) is 57.6 cm³/mol. The smallest absolute Gasteiger partial charge is 0.202 e. The van der Waals surface area contributed by atoms with Crippen LogP contribution in [0.25, 0.3) is 0 Å². The molecule has 1 aliphatic carbocycles. The highest BCUT2D eigenvalue weighted by atomic mass is 35.5. The molecule has 0 unspecified atom stereocenters. The summed E-state index contributed by atoms with van der Waals surface area (Å²) in [5, 5.41) is 0.0492. The standard InChI is InChI=1S/C11H12ClF2NO/c1-16-10-7(12)5-6(8(13)9(10)14)11(15)3-2-4-11/h5H,2-4,15H2,1H3. The summed E-state index contributed by atoms with van der Waals surface area (Å²) in [6, 6.07) is 1.36. The Hall–Kier alpha value is -0.870. The first kappa shape index (κ1) is 11.6. The zero-order valence-corrected chi connectivity index (χ0v) is 9.57. The molecule has 0 radical (unpaired) electrons. The van der Waals surface area contributed by atoms with Crippen LogP contribution in [0.3, 0.4) is 0 Å². The molecule has 1 aromatic carbocycles. The Morgan fingerprint density at radius 1 is 1.38 bits per heavy atom. The van der Waals surface area contributed by atoms with Crippen molar-refractivity contribution >= 4 is 11.6 Å². The van der Waals surface area contributed by atoms with E-state index in [4.69, 9.17) is 17.3 Å². The number of rotatable bonds is 2. The number of hydrogen-bond donors (Lipinski definition) is 1. The van der Waals surface area contributed by atoms with Crippen molar-refractivity contribution in [2.24, 2.45) is 5.73 Å². The summed E-state index contributed by atoms with van der Waals surface area (Å²) in [6.45, 7) is 0. The fraction of sp³-hybridized carbons (Fsp3) is 0.455. The highest BCUT2D eigenvalue weighted by molar-refractivity contribution is 6.32. The monoisotopic (exact) mass is 247 g/mol. The summed E-state index contributed by atoms with van der Waals surface area (Å²) in [4.78, 5) is 0. The molecule has 0 aromatic heterocycles. The van der Waals surface area contributed by atoms with Gasteiger partial charge in [-0.05, 0) is 25.3 Å². The summed E-state index contributed by atoms with van der Waals surface area (Å²) in [5.41, 5.74) is 5.31. The van der Waals surface area contributed by atoms with Gasteiger partial charge in [0.2, 0.25) is 5.82 Å². The van der Waals surface area contributed by atoms with Crippen molar-refractivity contribution < 1.29 is 13.5 Å². The molecular weight excluding hydrogens is 236 g/mol. The molecule has 16 heavy (non-hydrogen) atoms. The van der Waals surface area contributed by atoms with E-state index in [9.17, 15) is 8.78 Å². The molecule has 88 valence electrons. The predicted octanol–water partition coefficient (Wildman–Crippen LogP) is 2.96. The molecule has 1 saturated carbocycles. The van der Waals surface area contributed by atoms with E-state index in [0.29, 0.717) is 12.8 Å².